The van der Waals surface area contributed by atoms with Gasteiger partial charge in [-0.25, -0.2) is 0 Å². The van der Waals surface area contributed by atoms with Crippen molar-refractivity contribution < 1.29 is 0 Å². The number of nitrogens with one attached hydrogen (secondary N) is 1. The fourth-order valence-corrected chi connectivity index (χ4v) is 5.03. The second-order valence-corrected chi connectivity index (χ2v) is 7.19. The van der Waals surface area contributed by atoms with Crippen molar-refractivity contribution in [1.82, 2.24) is 10.2 Å². The van der Waals surface area contributed by atoms with Gasteiger partial charge < -0.3 is 5.32 Å². The Labute approximate surface area is 123 Å². The summed E-state index contributed by atoms with van der Waals surface area (Å²) >= 11 is 0. The van der Waals surface area contributed by atoms with Crippen LogP contribution in [-0.4, -0.2) is 36.1 Å². The van der Waals surface area contributed by atoms with Crippen LogP contribution in [0.4, 0.5) is 0 Å². The first kappa shape index (κ1) is 14.4. The van der Waals surface area contributed by atoms with Crippen LogP contribution in [0.1, 0.15) is 64.2 Å². The van der Waals surface area contributed by atoms with E-state index in [0.717, 1.165) is 24.8 Å². The lowest BCUT2D eigenvalue weighted by Gasteiger charge is -2.43. The van der Waals surface area contributed by atoms with E-state index in [9.17, 15) is 5.26 Å². The van der Waals surface area contributed by atoms with Crippen molar-refractivity contribution in [3.8, 4) is 6.07 Å². The minimum atomic E-state index is -0.258. The average Bonchev–Trinajstić information content (AvgIpc) is 3.17. The molecule has 1 aliphatic heterocycles. The van der Waals surface area contributed by atoms with Crippen molar-refractivity contribution in [2.75, 3.05) is 13.6 Å². The third kappa shape index (κ3) is 2.61. The average molecular weight is 275 g/mol. The number of nitriles is 1. The molecule has 2 aliphatic carbocycles. The molecular weight excluding hydrogens is 246 g/mol. The maximum Gasteiger partial charge on any atom is 0.108 e. The summed E-state index contributed by atoms with van der Waals surface area (Å²) in [6.45, 7) is 1.27. The lowest BCUT2D eigenvalue weighted by molar-refractivity contribution is 0.0853. The minimum Gasteiger partial charge on any atom is -0.302 e. The SMILES string of the molecule is CNC1(C#N)CCCC(N2CCCC2C2CCCC2)C1. The van der Waals surface area contributed by atoms with Gasteiger partial charge in [-0.15, -0.1) is 0 Å². The molecule has 3 nitrogen and oxygen atoms in total. The monoisotopic (exact) mass is 275 g/mol. The molecule has 0 aromatic carbocycles. The Morgan fingerprint density at radius 1 is 1.10 bits per heavy atom. The zero-order valence-electron chi connectivity index (χ0n) is 12.9. The van der Waals surface area contributed by atoms with Crippen LogP contribution in [0, 0.1) is 17.2 Å². The summed E-state index contributed by atoms with van der Waals surface area (Å²) in [7, 11) is 1.96. The Bertz CT molecular complexity index is 369. The summed E-state index contributed by atoms with van der Waals surface area (Å²) in [5.41, 5.74) is -0.258. The van der Waals surface area contributed by atoms with Crippen molar-refractivity contribution in [3.63, 3.8) is 0 Å². The van der Waals surface area contributed by atoms with E-state index >= 15 is 0 Å². The van der Waals surface area contributed by atoms with E-state index in [-0.39, 0.29) is 5.54 Å². The second-order valence-electron chi connectivity index (χ2n) is 7.19. The first-order chi connectivity index (χ1) is 9.78. The van der Waals surface area contributed by atoms with Crippen LogP contribution in [0.5, 0.6) is 0 Å². The van der Waals surface area contributed by atoms with Crippen LogP contribution in [0.25, 0.3) is 0 Å². The molecule has 0 aromatic heterocycles. The van der Waals surface area contributed by atoms with Gasteiger partial charge in [0.05, 0.1) is 6.07 Å². The van der Waals surface area contributed by atoms with Gasteiger partial charge in [0.1, 0.15) is 5.54 Å². The lowest BCUT2D eigenvalue weighted by atomic mass is 9.79. The third-order valence-electron chi connectivity index (χ3n) is 6.17. The summed E-state index contributed by atoms with van der Waals surface area (Å²) in [6, 6.07) is 4.04. The first-order valence-electron chi connectivity index (χ1n) is 8.64. The van der Waals surface area contributed by atoms with Gasteiger partial charge in [0.2, 0.25) is 0 Å². The molecule has 20 heavy (non-hydrogen) atoms. The highest BCUT2D eigenvalue weighted by Crippen LogP contribution is 2.40. The molecular formula is C17H29N3. The van der Waals surface area contributed by atoms with E-state index in [4.69, 9.17) is 0 Å². The van der Waals surface area contributed by atoms with E-state index in [1.54, 1.807) is 0 Å². The molecule has 1 heterocycles. The van der Waals surface area contributed by atoms with E-state index in [2.05, 4.69) is 16.3 Å². The second kappa shape index (κ2) is 6.03. The van der Waals surface area contributed by atoms with Crippen LogP contribution in [0.3, 0.4) is 0 Å². The fraction of sp³-hybridized carbons (Fsp3) is 0.941. The Kier molecular flexibility index (Phi) is 4.33. The summed E-state index contributed by atoms with van der Waals surface area (Å²) in [5, 5.41) is 12.9. The predicted octanol–water partition coefficient (Wildman–Crippen LogP) is 3.07. The van der Waals surface area contributed by atoms with Gasteiger partial charge in [-0.1, -0.05) is 12.8 Å². The molecule has 3 aliphatic rings. The summed E-state index contributed by atoms with van der Waals surface area (Å²) in [5.74, 6) is 0.950. The summed E-state index contributed by atoms with van der Waals surface area (Å²) in [6.07, 6.45) is 13.1. The molecule has 3 atom stereocenters. The summed E-state index contributed by atoms with van der Waals surface area (Å²) in [4.78, 5) is 2.80. The standard InChI is InChI=1S/C17H29N3/c1-19-17(13-18)10-4-8-15(12-17)20-11-5-9-16(20)14-6-2-3-7-14/h14-16,19H,2-12H2,1H3. The van der Waals surface area contributed by atoms with E-state index in [1.165, 1.54) is 57.9 Å². The van der Waals surface area contributed by atoms with Gasteiger partial charge in [-0.3, -0.25) is 4.90 Å². The van der Waals surface area contributed by atoms with Gasteiger partial charge in [0.25, 0.3) is 0 Å². The van der Waals surface area contributed by atoms with Crippen molar-refractivity contribution in [3.05, 3.63) is 0 Å². The quantitative estimate of drug-likeness (QED) is 0.860. The molecule has 3 rings (SSSR count). The number of nitrogens with zero attached hydrogens (tertiary/aromatic N) is 2. The zero-order valence-corrected chi connectivity index (χ0v) is 12.9. The molecule has 0 radical (unpaired) electrons. The number of hydrogen-bond donors (Lipinski definition) is 1. The minimum absolute atomic E-state index is 0.258. The molecule has 3 unspecified atom stereocenters. The maximum atomic E-state index is 9.55. The van der Waals surface area contributed by atoms with Gasteiger partial charge in [-0.2, -0.15) is 5.26 Å². The third-order valence-corrected chi connectivity index (χ3v) is 6.17. The van der Waals surface area contributed by atoms with Crippen LogP contribution in [-0.2, 0) is 0 Å². The topological polar surface area (TPSA) is 39.1 Å². The van der Waals surface area contributed by atoms with Crippen LogP contribution in [0.2, 0.25) is 0 Å². The first-order valence-corrected chi connectivity index (χ1v) is 8.64. The number of likely N-dealkylation sites (tertiary alicyclic amines) is 1. The zero-order chi connectivity index (χ0) is 14.0. The highest BCUT2D eigenvalue weighted by molar-refractivity contribution is 5.11. The highest BCUT2D eigenvalue weighted by atomic mass is 15.2. The van der Waals surface area contributed by atoms with Crippen molar-refractivity contribution in [1.29, 1.82) is 5.26 Å². The Morgan fingerprint density at radius 2 is 1.90 bits per heavy atom. The number of hydrogen-bond acceptors (Lipinski definition) is 3. The molecule has 0 bridgehead atoms. The molecule has 0 amide bonds. The van der Waals surface area contributed by atoms with Gasteiger partial charge >= 0.3 is 0 Å². The van der Waals surface area contributed by atoms with Gasteiger partial charge in [-0.05, 0) is 70.9 Å². The molecule has 3 heteroatoms. The van der Waals surface area contributed by atoms with Crippen LogP contribution >= 0.6 is 0 Å². The molecule has 112 valence electrons. The Balaban J connectivity index is 1.69. The Morgan fingerprint density at radius 3 is 2.60 bits per heavy atom. The molecule has 2 saturated carbocycles. The molecule has 1 saturated heterocycles. The van der Waals surface area contributed by atoms with E-state index in [1.807, 2.05) is 7.05 Å². The van der Waals surface area contributed by atoms with Crippen molar-refractivity contribution in [2.45, 2.75) is 81.8 Å². The fourth-order valence-electron chi connectivity index (χ4n) is 5.03. The predicted molar refractivity (Wildman–Crippen MR) is 81.3 cm³/mol. The lowest BCUT2D eigenvalue weighted by Crippen LogP contribution is -2.53. The highest BCUT2D eigenvalue weighted by Gasteiger charge is 2.42. The number of rotatable bonds is 3. The van der Waals surface area contributed by atoms with Crippen LogP contribution < -0.4 is 5.32 Å². The normalized spacial score (nSPS) is 40.0. The van der Waals surface area contributed by atoms with Crippen molar-refractivity contribution >= 4 is 0 Å². The van der Waals surface area contributed by atoms with Crippen molar-refractivity contribution in [2.24, 2.45) is 5.92 Å². The van der Waals surface area contributed by atoms with Crippen LogP contribution in [0.15, 0.2) is 0 Å². The van der Waals surface area contributed by atoms with Gasteiger partial charge in [0, 0.05) is 12.1 Å². The molecule has 0 aromatic rings. The summed E-state index contributed by atoms with van der Waals surface area (Å²) < 4.78 is 0. The Hall–Kier alpha value is -0.590. The maximum absolute atomic E-state index is 9.55. The van der Waals surface area contributed by atoms with Gasteiger partial charge in [0.15, 0.2) is 0 Å². The molecule has 1 N–H and O–H groups in total. The molecule has 0 spiro atoms. The largest absolute Gasteiger partial charge is 0.302 e. The smallest absolute Gasteiger partial charge is 0.108 e. The van der Waals surface area contributed by atoms with E-state index in [0.29, 0.717) is 6.04 Å². The van der Waals surface area contributed by atoms with E-state index < -0.39 is 0 Å². The molecule has 3 fully saturated rings.